The molecule has 7 nitrogen and oxygen atoms in total. The first-order chi connectivity index (χ1) is 11.1. The standard InChI is InChI=1S/C13H11F3N2O5S/c1-2-12(23-11(19)20)9(17-24-10(12)13(14,15)16)7-3-5-8(6-4-7)18(21)22/h3-6,10H,2H2,1H3,(H,19,20). The number of rotatable bonds is 4. The first-order valence-corrected chi connectivity index (χ1v) is 7.43. The van der Waals surface area contributed by atoms with Gasteiger partial charge in [0, 0.05) is 17.7 Å². The van der Waals surface area contributed by atoms with Crippen LogP contribution in [-0.2, 0) is 4.74 Å². The van der Waals surface area contributed by atoms with Crippen LogP contribution in [-0.4, -0.2) is 38.9 Å². The summed E-state index contributed by atoms with van der Waals surface area (Å²) in [5, 5.41) is 17.4. The summed E-state index contributed by atoms with van der Waals surface area (Å²) < 4.78 is 48.3. The van der Waals surface area contributed by atoms with Gasteiger partial charge in [0.1, 0.15) is 5.71 Å². The normalized spacial score (nSPS) is 23.7. The molecule has 1 aromatic carbocycles. The molecule has 24 heavy (non-hydrogen) atoms. The lowest BCUT2D eigenvalue weighted by atomic mass is 9.85. The number of hydrogen-bond donors (Lipinski definition) is 1. The molecule has 0 spiro atoms. The van der Waals surface area contributed by atoms with Crippen LogP contribution >= 0.6 is 11.9 Å². The maximum Gasteiger partial charge on any atom is 0.506 e. The van der Waals surface area contributed by atoms with Crippen molar-refractivity contribution < 1.29 is 32.7 Å². The second-order valence-electron chi connectivity index (χ2n) is 4.88. The lowest BCUT2D eigenvalue weighted by Gasteiger charge is -2.34. The lowest BCUT2D eigenvalue weighted by Crippen LogP contribution is -2.54. The van der Waals surface area contributed by atoms with Crippen LogP contribution in [0.4, 0.5) is 23.7 Å². The van der Waals surface area contributed by atoms with E-state index in [1.165, 1.54) is 19.1 Å². The first kappa shape index (κ1) is 18.0. The highest BCUT2D eigenvalue weighted by Crippen LogP contribution is 2.48. The molecule has 0 saturated carbocycles. The molecule has 130 valence electrons. The fourth-order valence-electron chi connectivity index (χ4n) is 2.44. The van der Waals surface area contributed by atoms with Crippen molar-refractivity contribution in [2.75, 3.05) is 0 Å². The Morgan fingerprint density at radius 1 is 1.46 bits per heavy atom. The van der Waals surface area contributed by atoms with Crippen molar-refractivity contribution in [1.82, 2.24) is 0 Å². The van der Waals surface area contributed by atoms with E-state index in [0.717, 1.165) is 12.1 Å². The van der Waals surface area contributed by atoms with E-state index in [4.69, 9.17) is 5.11 Å². The first-order valence-electron chi connectivity index (χ1n) is 6.59. The van der Waals surface area contributed by atoms with Crippen LogP contribution in [0.2, 0.25) is 0 Å². The van der Waals surface area contributed by atoms with Crippen LogP contribution < -0.4 is 0 Å². The lowest BCUT2D eigenvalue weighted by molar-refractivity contribution is -0.384. The number of carboxylic acid groups (broad SMARTS) is 1. The van der Waals surface area contributed by atoms with Crippen molar-refractivity contribution in [3.63, 3.8) is 0 Å². The molecule has 0 saturated heterocycles. The van der Waals surface area contributed by atoms with E-state index >= 15 is 0 Å². The Labute approximate surface area is 137 Å². The second kappa shape index (κ2) is 6.30. The van der Waals surface area contributed by atoms with E-state index in [9.17, 15) is 28.1 Å². The van der Waals surface area contributed by atoms with Crippen LogP contribution in [0.1, 0.15) is 18.9 Å². The number of nitro benzene ring substituents is 1. The molecule has 1 aromatic rings. The highest BCUT2D eigenvalue weighted by Gasteiger charge is 2.62. The molecular formula is C13H11F3N2O5S. The minimum absolute atomic E-state index is 0.128. The zero-order valence-corrected chi connectivity index (χ0v) is 12.9. The number of ether oxygens (including phenoxy) is 1. The molecule has 0 bridgehead atoms. The smallest absolute Gasteiger partial charge is 0.450 e. The van der Waals surface area contributed by atoms with Gasteiger partial charge in [-0.2, -0.15) is 13.2 Å². The number of hydrogen-bond acceptors (Lipinski definition) is 6. The Balaban J connectivity index is 2.50. The summed E-state index contributed by atoms with van der Waals surface area (Å²) in [4.78, 5) is 21.0. The van der Waals surface area contributed by atoms with Gasteiger partial charge in [-0.25, -0.2) is 9.19 Å². The van der Waals surface area contributed by atoms with Crippen molar-refractivity contribution in [3.05, 3.63) is 39.9 Å². The third-order valence-electron chi connectivity index (χ3n) is 3.52. The molecule has 0 aromatic heterocycles. The molecule has 1 aliphatic rings. The van der Waals surface area contributed by atoms with Crippen LogP contribution in [0.15, 0.2) is 28.7 Å². The largest absolute Gasteiger partial charge is 0.506 e. The van der Waals surface area contributed by atoms with E-state index in [2.05, 4.69) is 9.13 Å². The van der Waals surface area contributed by atoms with Gasteiger partial charge in [0.2, 0.25) is 0 Å². The van der Waals surface area contributed by atoms with Gasteiger partial charge in [0.15, 0.2) is 10.9 Å². The minimum atomic E-state index is -4.75. The SMILES string of the molecule is CCC1(OC(=O)O)C(c2ccc([N+](=O)[O-])cc2)=NSC1C(F)(F)F. The van der Waals surface area contributed by atoms with Crippen molar-refractivity contribution in [3.8, 4) is 0 Å². The monoisotopic (exact) mass is 364 g/mol. The minimum Gasteiger partial charge on any atom is -0.450 e. The van der Waals surface area contributed by atoms with Crippen LogP contribution in [0.25, 0.3) is 0 Å². The maximum absolute atomic E-state index is 13.3. The van der Waals surface area contributed by atoms with E-state index in [1.807, 2.05) is 0 Å². The van der Waals surface area contributed by atoms with Gasteiger partial charge in [-0.15, -0.1) is 0 Å². The van der Waals surface area contributed by atoms with Gasteiger partial charge in [0.05, 0.1) is 4.92 Å². The number of nitro groups is 1. The topological polar surface area (TPSA) is 102 Å². The molecule has 11 heteroatoms. The Morgan fingerprint density at radius 3 is 2.46 bits per heavy atom. The van der Waals surface area contributed by atoms with Crippen molar-refractivity contribution in [1.29, 1.82) is 0 Å². The molecule has 0 fully saturated rings. The number of non-ortho nitro benzene ring substituents is 1. The van der Waals surface area contributed by atoms with Crippen LogP contribution in [0.3, 0.4) is 0 Å². The molecule has 1 heterocycles. The maximum atomic E-state index is 13.3. The van der Waals surface area contributed by atoms with Gasteiger partial charge in [-0.05, 0) is 30.5 Å². The number of alkyl halides is 3. The summed E-state index contributed by atoms with van der Waals surface area (Å²) in [5.41, 5.74) is -2.55. The third kappa shape index (κ3) is 3.16. The molecule has 0 amide bonds. The summed E-state index contributed by atoms with van der Waals surface area (Å²) in [6, 6.07) is 4.63. The number of benzene rings is 1. The molecule has 0 aliphatic carbocycles. The summed E-state index contributed by atoms with van der Waals surface area (Å²) in [6.45, 7) is 1.36. The molecular weight excluding hydrogens is 353 g/mol. The molecule has 2 rings (SSSR count). The van der Waals surface area contributed by atoms with E-state index in [-0.39, 0.29) is 35.3 Å². The fourth-order valence-corrected chi connectivity index (χ4v) is 3.52. The Kier molecular flexibility index (Phi) is 4.74. The summed E-state index contributed by atoms with van der Waals surface area (Å²) >= 11 is 0.177. The molecule has 1 aliphatic heterocycles. The summed E-state index contributed by atoms with van der Waals surface area (Å²) in [6.07, 6.45) is -6.91. The molecule has 2 unspecified atom stereocenters. The van der Waals surface area contributed by atoms with Crippen molar-refractivity contribution >= 4 is 29.5 Å². The van der Waals surface area contributed by atoms with Crippen molar-refractivity contribution in [2.24, 2.45) is 4.40 Å². The Bertz CT molecular complexity index is 692. The Morgan fingerprint density at radius 2 is 2.04 bits per heavy atom. The fraction of sp³-hybridized carbons (Fsp3) is 0.385. The highest BCUT2D eigenvalue weighted by atomic mass is 32.2. The molecule has 0 radical (unpaired) electrons. The van der Waals surface area contributed by atoms with E-state index in [0.29, 0.717) is 0 Å². The van der Waals surface area contributed by atoms with Crippen LogP contribution in [0, 0.1) is 10.1 Å². The zero-order valence-electron chi connectivity index (χ0n) is 12.1. The average Bonchev–Trinajstić information content (AvgIpc) is 2.86. The molecule has 2 atom stereocenters. The number of carbonyl (C=O) groups is 1. The molecule has 1 N–H and O–H groups in total. The highest BCUT2D eigenvalue weighted by molar-refractivity contribution is 7.99. The summed E-state index contributed by atoms with van der Waals surface area (Å²) in [5.74, 6) is 0. The third-order valence-corrected chi connectivity index (χ3v) is 4.66. The quantitative estimate of drug-likeness (QED) is 0.377. The number of halogens is 3. The Hall–Kier alpha value is -2.30. The summed E-state index contributed by atoms with van der Waals surface area (Å²) in [7, 11) is 0. The van der Waals surface area contributed by atoms with Gasteiger partial charge in [-0.3, -0.25) is 10.1 Å². The van der Waals surface area contributed by atoms with Gasteiger partial charge >= 0.3 is 12.3 Å². The van der Waals surface area contributed by atoms with Gasteiger partial charge in [-0.1, -0.05) is 6.92 Å². The van der Waals surface area contributed by atoms with Crippen molar-refractivity contribution in [2.45, 2.75) is 30.4 Å². The second-order valence-corrected chi connectivity index (χ2v) is 5.75. The average molecular weight is 364 g/mol. The van der Waals surface area contributed by atoms with E-state index in [1.54, 1.807) is 0 Å². The van der Waals surface area contributed by atoms with Gasteiger partial charge in [0.25, 0.3) is 5.69 Å². The zero-order chi connectivity index (χ0) is 18.1. The predicted octanol–water partition coefficient (Wildman–Crippen LogP) is 3.82. The van der Waals surface area contributed by atoms with E-state index < -0.39 is 28.1 Å². The van der Waals surface area contributed by atoms with Crippen LogP contribution in [0.5, 0.6) is 0 Å². The number of nitrogens with zero attached hydrogens (tertiary/aromatic N) is 2. The van der Waals surface area contributed by atoms with Gasteiger partial charge < -0.3 is 9.84 Å². The predicted molar refractivity (Wildman–Crippen MR) is 79.2 cm³/mol.